The Morgan fingerprint density at radius 2 is 2.14 bits per heavy atom. The van der Waals surface area contributed by atoms with Crippen LogP contribution in [0.2, 0.25) is 0 Å². The van der Waals surface area contributed by atoms with Gasteiger partial charge in [-0.1, -0.05) is 12.1 Å². The van der Waals surface area contributed by atoms with Gasteiger partial charge in [0.05, 0.1) is 29.2 Å². The monoisotopic (exact) mass is 407 g/mol. The first kappa shape index (κ1) is 18.3. The maximum Gasteiger partial charge on any atom is 0.336 e. The third-order valence-electron chi connectivity index (χ3n) is 5.94. The van der Waals surface area contributed by atoms with Crippen molar-refractivity contribution >= 4 is 32.5 Å². The number of nitrogens with one attached hydrogen (secondary N) is 1. The van der Waals surface area contributed by atoms with Gasteiger partial charge in [0.15, 0.2) is 0 Å². The number of aromatic hydroxyl groups is 1. The molecule has 0 radical (unpaired) electrons. The molecule has 0 spiro atoms. The Balaban J connectivity index is 1.43. The fraction of sp³-hybridized carbons (Fsp3) is 0.304. The lowest BCUT2D eigenvalue weighted by molar-refractivity contribution is -0.919. The summed E-state index contributed by atoms with van der Waals surface area (Å²) < 4.78 is 6.64. The summed E-state index contributed by atoms with van der Waals surface area (Å²) >= 11 is 1.80. The third kappa shape index (κ3) is 3.43. The van der Waals surface area contributed by atoms with E-state index in [9.17, 15) is 9.90 Å². The molecule has 0 saturated carbocycles. The van der Waals surface area contributed by atoms with Crippen LogP contribution in [0.3, 0.4) is 0 Å². The predicted molar refractivity (Wildman–Crippen MR) is 115 cm³/mol. The van der Waals surface area contributed by atoms with Gasteiger partial charge in [-0.15, -0.1) is 11.3 Å². The average Bonchev–Trinajstić information content (AvgIpc) is 3.16. The molecule has 1 unspecified atom stereocenters. The van der Waals surface area contributed by atoms with Crippen LogP contribution >= 0.6 is 11.3 Å². The molecular formula is C23H23N2O3S+. The van der Waals surface area contributed by atoms with Crippen molar-refractivity contribution in [2.45, 2.75) is 32.2 Å². The number of hydrogen-bond donors (Lipinski definition) is 2. The largest absolute Gasteiger partial charge is 0.508 e. The molecule has 1 aliphatic heterocycles. The number of likely N-dealkylation sites (tertiary alicyclic amines) is 1. The third-order valence-corrected chi connectivity index (χ3v) is 7.13. The number of hydrogen-bond acceptors (Lipinski definition) is 5. The summed E-state index contributed by atoms with van der Waals surface area (Å²) in [5.74, 6) is 0.604. The molecule has 5 nitrogen and oxygen atoms in total. The van der Waals surface area contributed by atoms with Crippen LogP contribution in [-0.4, -0.2) is 23.2 Å². The number of phenols is 1. The van der Waals surface area contributed by atoms with Crippen LogP contribution in [0.4, 0.5) is 0 Å². The number of aryl methyl sites for hydroxylation is 1. The van der Waals surface area contributed by atoms with E-state index in [0.717, 1.165) is 48.9 Å². The fourth-order valence-electron chi connectivity index (χ4n) is 4.42. The highest BCUT2D eigenvalue weighted by Crippen LogP contribution is 2.31. The van der Waals surface area contributed by atoms with E-state index < -0.39 is 0 Å². The van der Waals surface area contributed by atoms with Crippen molar-refractivity contribution in [3.05, 3.63) is 69.0 Å². The second-order valence-corrected chi connectivity index (χ2v) is 8.98. The second-order valence-electron chi connectivity index (χ2n) is 7.92. The van der Waals surface area contributed by atoms with Crippen molar-refractivity contribution in [2.24, 2.45) is 0 Å². The van der Waals surface area contributed by atoms with Gasteiger partial charge in [-0.2, -0.15) is 0 Å². The second kappa shape index (κ2) is 7.28. The van der Waals surface area contributed by atoms with Gasteiger partial charge in [0.25, 0.3) is 0 Å². The predicted octanol–water partition coefficient (Wildman–Crippen LogP) is 3.38. The van der Waals surface area contributed by atoms with Gasteiger partial charge in [0.2, 0.25) is 0 Å². The van der Waals surface area contributed by atoms with Crippen LogP contribution in [-0.2, 0) is 6.54 Å². The van der Waals surface area contributed by atoms with Gasteiger partial charge in [0.1, 0.15) is 22.9 Å². The summed E-state index contributed by atoms with van der Waals surface area (Å²) in [5.41, 5.74) is 2.82. The minimum atomic E-state index is -0.361. The van der Waals surface area contributed by atoms with E-state index in [2.05, 4.69) is 18.2 Å². The Hall–Kier alpha value is -2.70. The van der Waals surface area contributed by atoms with Crippen LogP contribution in [0, 0.1) is 6.92 Å². The minimum absolute atomic E-state index is 0.152. The summed E-state index contributed by atoms with van der Waals surface area (Å²) in [6.07, 6.45) is 2.31. The fourth-order valence-corrected chi connectivity index (χ4v) is 5.52. The van der Waals surface area contributed by atoms with Gasteiger partial charge >= 0.3 is 5.63 Å². The molecule has 2 N–H and O–H groups in total. The molecule has 29 heavy (non-hydrogen) atoms. The van der Waals surface area contributed by atoms with Crippen LogP contribution in [0.5, 0.6) is 5.75 Å². The van der Waals surface area contributed by atoms with Crippen molar-refractivity contribution in [2.75, 3.05) is 13.1 Å². The number of fused-ring (bicyclic) bond motifs is 2. The molecule has 2 aromatic carbocycles. The van der Waals surface area contributed by atoms with E-state index in [-0.39, 0.29) is 11.4 Å². The Morgan fingerprint density at radius 1 is 1.28 bits per heavy atom. The molecular weight excluding hydrogens is 384 g/mol. The molecule has 1 aliphatic rings. The standard InChI is InChI=1S/C23H22N2O3S/c1-14-19(26)9-8-17-16(11-21(27)28-22(14)17)13-25-10-4-5-15(12-25)23-24-18-6-2-3-7-20(18)29-23/h2-3,6-9,11,15,26H,4-5,10,12-13H2,1H3/p+1/t15-/m0/s1. The molecule has 1 fully saturated rings. The van der Waals surface area contributed by atoms with E-state index in [1.807, 2.05) is 12.1 Å². The van der Waals surface area contributed by atoms with E-state index in [1.165, 1.54) is 14.6 Å². The Labute approximate surface area is 172 Å². The normalized spacial score (nSPS) is 19.8. The lowest BCUT2D eigenvalue weighted by atomic mass is 9.97. The Bertz CT molecular complexity index is 1230. The molecule has 0 amide bonds. The topological polar surface area (TPSA) is 67.8 Å². The molecule has 2 aromatic heterocycles. The molecule has 4 aromatic rings. The van der Waals surface area contributed by atoms with Gasteiger partial charge in [-0.25, -0.2) is 9.78 Å². The number of quaternary nitrogens is 1. The van der Waals surface area contributed by atoms with Gasteiger partial charge in [-0.3, -0.25) is 0 Å². The van der Waals surface area contributed by atoms with Crippen molar-refractivity contribution < 1.29 is 14.4 Å². The number of rotatable bonds is 3. The van der Waals surface area contributed by atoms with Gasteiger partial charge in [-0.05, 0) is 44.0 Å². The molecule has 0 bridgehead atoms. The van der Waals surface area contributed by atoms with Crippen molar-refractivity contribution in [3.63, 3.8) is 0 Å². The number of aromatic nitrogens is 1. The highest BCUT2D eigenvalue weighted by atomic mass is 32.1. The number of nitrogens with zero attached hydrogens (tertiary/aromatic N) is 1. The number of benzene rings is 2. The molecule has 1 saturated heterocycles. The first-order valence-corrected chi connectivity index (χ1v) is 10.8. The highest BCUT2D eigenvalue weighted by molar-refractivity contribution is 7.18. The van der Waals surface area contributed by atoms with Crippen molar-refractivity contribution in [1.82, 2.24) is 4.98 Å². The number of piperidine rings is 1. The first-order chi connectivity index (χ1) is 14.1. The van der Waals surface area contributed by atoms with Crippen LogP contribution in [0.25, 0.3) is 21.2 Å². The first-order valence-electron chi connectivity index (χ1n) is 10.0. The SMILES string of the molecule is Cc1c(O)ccc2c(C[NH+]3CCC[C@H](c4nc5ccccc5s4)C3)cc(=O)oc12. The van der Waals surface area contributed by atoms with Crippen LogP contribution < -0.4 is 10.5 Å². The van der Waals surface area contributed by atoms with Crippen molar-refractivity contribution in [3.8, 4) is 5.75 Å². The maximum absolute atomic E-state index is 12.1. The summed E-state index contributed by atoms with van der Waals surface area (Å²) in [7, 11) is 0. The van der Waals surface area contributed by atoms with Crippen LogP contribution in [0.15, 0.2) is 51.7 Å². The zero-order valence-corrected chi connectivity index (χ0v) is 17.1. The number of para-hydroxylation sites is 1. The summed E-state index contributed by atoms with van der Waals surface area (Å²) in [4.78, 5) is 18.5. The molecule has 0 aliphatic carbocycles. The maximum atomic E-state index is 12.1. The summed E-state index contributed by atoms with van der Waals surface area (Å²) in [6, 6.07) is 13.5. The minimum Gasteiger partial charge on any atom is -0.508 e. The average molecular weight is 408 g/mol. The van der Waals surface area contributed by atoms with E-state index in [0.29, 0.717) is 17.1 Å². The summed E-state index contributed by atoms with van der Waals surface area (Å²) in [6.45, 7) is 4.65. The van der Waals surface area contributed by atoms with E-state index in [4.69, 9.17) is 9.40 Å². The Morgan fingerprint density at radius 3 is 3.00 bits per heavy atom. The van der Waals surface area contributed by atoms with E-state index in [1.54, 1.807) is 30.4 Å². The number of thiazole rings is 1. The Kier molecular flexibility index (Phi) is 4.60. The molecule has 148 valence electrons. The lowest BCUT2D eigenvalue weighted by Crippen LogP contribution is -3.12. The molecule has 2 atom stereocenters. The zero-order valence-electron chi connectivity index (χ0n) is 16.3. The summed E-state index contributed by atoms with van der Waals surface area (Å²) in [5, 5.41) is 12.1. The van der Waals surface area contributed by atoms with Crippen LogP contribution in [0.1, 0.15) is 34.9 Å². The highest BCUT2D eigenvalue weighted by Gasteiger charge is 2.27. The quantitative estimate of drug-likeness (QED) is 0.511. The van der Waals surface area contributed by atoms with Gasteiger partial charge in [0, 0.05) is 22.6 Å². The number of phenolic OH excluding ortho intramolecular Hbond substituents is 1. The van der Waals surface area contributed by atoms with Gasteiger partial charge < -0.3 is 14.4 Å². The molecule has 3 heterocycles. The van der Waals surface area contributed by atoms with E-state index >= 15 is 0 Å². The van der Waals surface area contributed by atoms with Crippen molar-refractivity contribution in [1.29, 1.82) is 0 Å². The molecule has 6 heteroatoms. The lowest BCUT2D eigenvalue weighted by Gasteiger charge is -2.29. The zero-order chi connectivity index (χ0) is 20.0. The molecule has 5 rings (SSSR count). The smallest absolute Gasteiger partial charge is 0.336 e.